The Labute approximate surface area is 121 Å². The van der Waals surface area contributed by atoms with Crippen molar-refractivity contribution in [3.05, 3.63) is 34.5 Å². The molecule has 3 heterocycles. The highest BCUT2D eigenvalue weighted by molar-refractivity contribution is 7.09. The van der Waals surface area contributed by atoms with Gasteiger partial charge >= 0.3 is 0 Å². The summed E-state index contributed by atoms with van der Waals surface area (Å²) in [6, 6.07) is 0. The molecule has 1 unspecified atom stereocenters. The van der Waals surface area contributed by atoms with Crippen molar-refractivity contribution >= 4 is 17.2 Å². The molecule has 0 saturated carbocycles. The molecule has 1 fully saturated rings. The molecule has 20 heavy (non-hydrogen) atoms. The average Bonchev–Trinajstić information content (AvgIpc) is 3.11. The maximum absolute atomic E-state index is 12.3. The maximum atomic E-state index is 12.3. The average molecular weight is 292 g/mol. The van der Waals surface area contributed by atoms with E-state index in [2.05, 4.69) is 10.1 Å². The van der Waals surface area contributed by atoms with Crippen LogP contribution in [0.4, 0.5) is 0 Å². The molecule has 2 aromatic rings. The van der Waals surface area contributed by atoms with E-state index in [0.717, 1.165) is 10.6 Å². The zero-order valence-corrected chi connectivity index (χ0v) is 12.0. The third-order valence-electron chi connectivity index (χ3n) is 3.21. The molecular formula is C13H16N4O2S. The molecule has 0 spiro atoms. The first-order valence-electron chi connectivity index (χ1n) is 6.50. The van der Waals surface area contributed by atoms with E-state index in [9.17, 15) is 4.79 Å². The molecule has 0 radical (unpaired) electrons. The van der Waals surface area contributed by atoms with Crippen LogP contribution in [0.15, 0.2) is 24.0 Å². The molecule has 7 heteroatoms. The summed E-state index contributed by atoms with van der Waals surface area (Å²) < 4.78 is 7.36. The van der Waals surface area contributed by atoms with Gasteiger partial charge in [-0.05, 0) is 12.5 Å². The summed E-state index contributed by atoms with van der Waals surface area (Å²) in [5, 5.41) is 7.00. The fraction of sp³-hybridized carbons (Fsp3) is 0.462. The van der Waals surface area contributed by atoms with Crippen LogP contribution in [-0.4, -0.2) is 45.3 Å². The number of rotatable bonds is 3. The summed E-state index contributed by atoms with van der Waals surface area (Å²) in [4.78, 5) is 18.4. The highest BCUT2D eigenvalue weighted by Gasteiger charge is 2.26. The van der Waals surface area contributed by atoms with Crippen LogP contribution in [-0.2, 0) is 16.1 Å². The van der Waals surface area contributed by atoms with Crippen LogP contribution in [0.2, 0.25) is 0 Å². The van der Waals surface area contributed by atoms with Gasteiger partial charge in [-0.2, -0.15) is 5.10 Å². The van der Waals surface area contributed by atoms with Crippen molar-refractivity contribution in [1.82, 2.24) is 19.7 Å². The van der Waals surface area contributed by atoms with Crippen LogP contribution in [0.5, 0.6) is 0 Å². The van der Waals surface area contributed by atoms with Gasteiger partial charge in [0.15, 0.2) is 0 Å². The van der Waals surface area contributed by atoms with Gasteiger partial charge < -0.3 is 9.64 Å². The van der Waals surface area contributed by atoms with Gasteiger partial charge in [-0.3, -0.25) is 9.48 Å². The van der Waals surface area contributed by atoms with Gasteiger partial charge in [-0.25, -0.2) is 4.98 Å². The SMILES string of the molecule is Cc1cnn(CC(=O)N2CCOC(c3nccs3)C2)c1. The first kappa shape index (κ1) is 13.3. The minimum absolute atomic E-state index is 0.0676. The molecule has 6 nitrogen and oxygen atoms in total. The first-order chi connectivity index (χ1) is 9.72. The third-order valence-corrected chi connectivity index (χ3v) is 4.07. The first-order valence-corrected chi connectivity index (χ1v) is 7.38. The van der Waals surface area contributed by atoms with Crippen molar-refractivity contribution < 1.29 is 9.53 Å². The Balaban J connectivity index is 1.63. The number of aromatic nitrogens is 3. The lowest BCUT2D eigenvalue weighted by Crippen LogP contribution is -2.43. The minimum Gasteiger partial charge on any atom is -0.367 e. The lowest BCUT2D eigenvalue weighted by molar-refractivity contribution is -0.139. The normalized spacial score (nSPS) is 19.2. The van der Waals surface area contributed by atoms with Crippen LogP contribution >= 0.6 is 11.3 Å². The number of carbonyl (C=O) groups is 1. The second-order valence-corrected chi connectivity index (χ2v) is 5.71. The van der Waals surface area contributed by atoms with Crippen LogP contribution in [0.3, 0.4) is 0 Å². The van der Waals surface area contributed by atoms with E-state index in [-0.39, 0.29) is 18.6 Å². The molecule has 1 atom stereocenters. The number of ether oxygens (including phenoxy) is 1. The number of hydrogen-bond donors (Lipinski definition) is 0. The Morgan fingerprint density at radius 1 is 1.60 bits per heavy atom. The van der Waals surface area contributed by atoms with Gasteiger partial charge in [-0.15, -0.1) is 11.3 Å². The van der Waals surface area contributed by atoms with Crippen molar-refractivity contribution in [3.63, 3.8) is 0 Å². The third kappa shape index (κ3) is 2.88. The predicted molar refractivity (Wildman–Crippen MR) is 74.4 cm³/mol. The molecule has 3 rings (SSSR count). The van der Waals surface area contributed by atoms with E-state index in [4.69, 9.17) is 4.74 Å². The quantitative estimate of drug-likeness (QED) is 0.854. The Hall–Kier alpha value is -1.73. The van der Waals surface area contributed by atoms with Gasteiger partial charge in [0, 0.05) is 24.3 Å². The molecule has 106 valence electrons. The molecule has 0 N–H and O–H groups in total. The van der Waals surface area contributed by atoms with Crippen molar-refractivity contribution in [3.8, 4) is 0 Å². The van der Waals surface area contributed by atoms with Crippen LogP contribution in [0.25, 0.3) is 0 Å². The Kier molecular flexibility index (Phi) is 3.79. The number of nitrogens with zero attached hydrogens (tertiary/aromatic N) is 4. The number of amides is 1. The minimum atomic E-state index is -0.105. The number of carbonyl (C=O) groups excluding carboxylic acids is 1. The highest BCUT2D eigenvalue weighted by atomic mass is 32.1. The van der Waals surface area contributed by atoms with Gasteiger partial charge in [0.05, 0.1) is 19.3 Å². The maximum Gasteiger partial charge on any atom is 0.244 e. The molecule has 0 aliphatic carbocycles. The van der Waals surface area contributed by atoms with E-state index in [0.29, 0.717) is 19.7 Å². The Morgan fingerprint density at radius 3 is 3.20 bits per heavy atom. The molecule has 1 amide bonds. The second kappa shape index (κ2) is 5.72. The fourth-order valence-electron chi connectivity index (χ4n) is 2.21. The van der Waals surface area contributed by atoms with Gasteiger partial charge in [-0.1, -0.05) is 0 Å². The summed E-state index contributed by atoms with van der Waals surface area (Å²) in [6.45, 7) is 3.97. The summed E-state index contributed by atoms with van der Waals surface area (Å²) in [5.74, 6) is 0.0676. The van der Waals surface area contributed by atoms with E-state index in [1.807, 2.05) is 23.4 Å². The van der Waals surface area contributed by atoms with E-state index >= 15 is 0 Å². The standard InChI is InChI=1S/C13H16N4O2S/c1-10-6-15-17(7-10)9-12(18)16-3-4-19-11(8-16)13-14-2-5-20-13/h2,5-7,11H,3-4,8-9H2,1H3. The largest absolute Gasteiger partial charge is 0.367 e. The van der Waals surface area contributed by atoms with E-state index < -0.39 is 0 Å². The summed E-state index contributed by atoms with van der Waals surface area (Å²) in [5.41, 5.74) is 1.06. The summed E-state index contributed by atoms with van der Waals surface area (Å²) in [7, 11) is 0. The second-order valence-electron chi connectivity index (χ2n) is 4.78. The zero-order chi connectivity index (χ0) is 13.9. The van der Waals surface area contributed by atoms with Crippen molar-refractivity contribution in [2.24, 2.45) is 0 Å². The smallest absolute Gasteiger partial charge is 0.244 e. The number of hydrogen-bond acceptors (Lipinski definition) is 5. The molecule has 1 aliphatic heterocycles. The molecule has 0 bridgehead atoms. The molecule has 1 aliphatic rings. The van der Waals surface area contributed by atoms with Crippen molar-refractivity contribution in [2.45, 2.75) is 19.6 Å². The lowest BCUT2D eigenvalue weighted by atomic mass is 10.2. The zero-order valence-electron chi connectivity index (χ0n) is 11.2. The van der Waals surface area contributed by atoms with Crippen LogP contribution in [0.1, 0.15) is 16.7 Å². The van der Waals surface area contributed by atoms with Gasteiger partial charge in [0.2, 0.25) is 5.91 Å². The van der Waals surface area contributed by atoms with E-state index in [1.54, 1.807) is 28.4 Å². The van der Waals surface area contributed by atoms with Crippen molar-refractivity contribution in [1.29, 1.82) is 0 Å². The fourth-order valence-corrected chi connectivity index (χ4v) is 2.89. The molecule has 0 aromatic carbocycles. The monoisotopic (exact) mass is 292 g/mol. The van der Waals surface area contributed by atoms with E-state index in [1.165, 1.54) is 0 Å². The summed E-state index contributed by atoms with van der Waals surface area (Å²) >= 11 is 1.56. The topological polar surface area (TPSA) is 60.2 Å². The van der Waals surface area contributed by atoms with Gasteiger partial charge in [0.1, 0.15) is 17.7 Å². The Morgan fingerprint density at radius 2 is 2.50 bits per heavy atom. The number of aryl methyl sites for hydroxylation is 1. The molecule has 2 aromatic heterocycles. The number of thiazole rings is 1. The van der Waals surface area contributed by atoms with Gasteiger partial charge in [0.25, 0.3) is 0 Å². The Bertz CT molecular complexity index is 581. The van der Waals surface area contributed by atoms with Crippen molar-refractivity contribution in [2.75, 3.05) is 19.7 Å². The lowest BCUT2D eigenvalue weighted by Gasteiger charge is -2.32. The number of morpholine rings is 1. The molecular weight excluding hydrogens is 276 g/mol. The van der Waals surface area contributed by atoms with Crippen LogP contribution < -0.4 is 0 Å². The summed E-state index contributed by atoms with van der Waals surface area (Å²) in [6.07, 6.45) is 5.28. The predicted octanol–water partition coefficient (Wildman–Crippen LogP) is 1.25. The van der Waals surface area contributed by atoms with Crippen LogP contribution in [0, 0.1) is 6.92 Å². The molecule has 1 saturated heterocycles. The highest BCUT2D eigenvalue weighted by Crippen LogP contribution is 2.23.